The van der Waals surface area contributed by atoms with Crippen LogP contribution in [0.4, 0.5) is 10.5 Å². The van der Waals surface area contributed by atoms with Crippen molar-refractivity contribution in [3.05, 3.63) is 35.9 Å². The van der Waals surface area contributed by atoms with Gasteiger partial charge in [0.1, 0.15) is 0 Å². The minimum absolute atomic E-state index is 0.0497. The molecule has 1 fully saturated rings. The Morgan fingerprint density at radius 1 is 1.12 bits per heavy atom. The number of allylic oxidation sites excluding steroid dienone is 1. The Morgan fingerprint density at radius 2 is 1.92 bits per heavy atom. The van der Waals surface area contributed by atoms with E-state index in [2.05, 4.69) is 27.5 Å². The van der Waals surface area contributed by atoms with E-state index in [9.17, 15) is 13.2 Å². The van der Waals surface area contributed by atoms with Gasteiger partial charge in [0.25, 0.3) is 0 Å². The Balaban J connectivity index is 1.68. The summed E-state index contributed by atoms with van der Waals surface area (Å²) in [5.41, 5.74) is 1.13. The van der Waals surface area contributed by atoms with Gasteiger partial charge in [0.05, 0.1) is 4.90 Å². The number of rotatable bonds is 5. The van der Waals surface area contributed by atoms with E-state index in [0.29, 0.717) is 11.3 Å². The van der Waals surface area contributed by atoms with E-state index < -0.39 is 10.0 Å². The molecule has 1 unspecified atom stereocenters. The minimum atomic E-state index is -3.54. The number of nitrogens with one attached hydrogen (secondary N) is 3. The maximum absolute atomic E-state index is 12.4. The topological polar surface area (TPSA) is 87.3 Å². The second-order valence-corrected chi connectivity index (χ2v) is 8.14. The van der Waals surface area contributed by atoms with Crippen molar-refractivity contribution in [1.82, 2.24) is 10.0 Å². The lowest BCUT2D eigenvalue weighted by molar-refractivity contribution is 0.247. The monoisotopic (exact) mass is 349 g/mol. The fourth-order valence-corrected chi connectivity index (χ4v) is 4.30. The van der Waals surface area contributed by atoms with Crippen LogP contribution in [0, 0.1) is 6.92 Å². The van der Waals surface area contributed by atoms with Crippen molar-refractivity contribution < 1.29 is 13.2 Å². The van der Waals surface area contributed by atoms with Crippen LogP contribution in [0.3, 0.4) is 0 Å². The average molecular weight is 349 g/mol. The lowest BCUT2D eigenvalue weighted by Crippen LogP contribution is -2.38. The van der Waals surface area contributed by atoms with Gasteiger partial charge in [-0.05, 0) is 56.7 Å². The smallest absolute Gasteiger partial charge is 0.319 e. The van der Waals surface area contributed by atoms with Gasteiger partial charge in [0, 0.05) is 17.8 Å². The molecule has 24 heavy (non-hydrogen) atoms. The first-order valence-corrected chi connectivity index (χ1v) is 9.78. The van der Waals surface area contributed by atoms with Crippen LogP contribution in [0.15, 0.2) is 35.2 Å². The largest absolute Gasteiger partial charge is 0.335 e. The third kappa shape index (κ3) is 4.36. The maximum Gasteiger partial charge on any atom is 0.319 e. The number of aryl methyl sites for hydroxylation is 1. The molecule has 130 valence electrons. The number of anilines is 1. The molecule has 0 bridgehead atoms. The van der Waals surface area contributed by atoms with Crippen LogP contribution in [0.2, 0.25) is 0 Å². The maximum atomic E-state index is 12.4. The minimum Gasteiger partial charge on any atom is -0.335 e. The zero-order valence-corrected chi connectivity index (χ0v) is 14.5. The fraction of sp³-hybridized carbons (Fsp3) is 0.471. The van der Waals surface area contributed by atoms with E-state index in [0.717, 1.165) is 32.1 Å². The molecular weight excluding hydrogens is 326 g/mol. The van der Waals surface area contributed by atoms with Crippen LogP contribution in [0.1, 0.15) is 37.7 Å². The number of carbonyl (C=O) groups is 1. The number of hydrogen-bond donors (Lipinski definition) is 3. The number of carbonyl (C=O) groups excluding carboxylic acids is 1. The molecule has 0 aliphatic heterocycles. The summed E-state index contributed by atoms with van der Waals surface area (Å²) >= 11 is 0. The first-order chi connectivity index (χ1) is 11.4. The quantitative estimate of drug-likeness (QED) is 0.714. The Labute approximate surface area is 142 Å². The highest BCUT2D eigenvalue weighted by atomic mass is 32.2. The molecule has 6 nitrogen and oxygen atoms in total. The van der Waals surface area contributed by atoms with E-state index >= 15 is 0 Å². The molecule has 3 N–H and O–H groups in total. The lowest BCUT2D eigenvalue weighted by Gasteiger charge is -2.20. The van der Waals surface area contributed by atoms with Gasteiger partial charge in [-0.3, -0.25) is 0 Å². The molecule has 2 aliphatic carbocycles. The van der Waals surface area contributed by atoms with Crippen molar-refractivity contribution in [3.8, 4) is 0 Å². The Bertz CT molecular complexity index is 754. The number of urea groups is 1. The van der Waals surface area contributed by atoms with Crippen molar-refractivity contribution in [1.29, 1.82) is 0 Å². The summed E-state index contributed by atoms with van der Waals surface area (Å²) < 4.78 is 27.5. The third-order valence-corrected chi connectivity index (χ3v) is 5.90. The number of benzene rings is 1. The second-order valence-electron chi connectivity index (χ2n) is 6.46. The molecule has 2 aliphatic rings. The highest BCUT2D eigenvalue weighted by Gasteiger charge is 2.29. The van der Waals surface area contributed by atoms with Crippen LogP contribution in [0.25, 0.3) is 0 Å². The first-order valence-electron chi connectivity index (χ1n) is 8.29. The van der Waals surface area contributed by atoms with Crippen molar-refractivity contribution in [2.75, 3.05) is 5.32 Å². The van der Waals surface area contributed by atoms with Gasteiger partial charge in [0.2, 0.25) is 10.0 Å². The van der Waals surface area contributed by atoms with Crippen LogP contribution in [-0.4, -0.2) is 26.5 Å². The van der Waals surface area contributed by atoms with E-state index in [1.54, 1.807) is 19.1 Å². The Kier molecular flexibility index (Phi) is 4.91. The molecule has 0 spiro atoms. The first kappa shape index (κ1) is 17.0. The SMILES string of the molecule is Cc1ccc(NC(=O)NC2CC=CCC2)cc1S(=O)(=O)NC1CC1. The molecule has 0 saturated heterocycles. The summed E-state index contributed by atoms with van der Waals surface area (Å²) in [6.07, 6.45) is 8.65. The normalized spacial score (nSPS) is 20.6. The van der Waals surface area contributed by atoms with Gasteiger partial charge < -0.3 is 10.6 Å². The highest BCUT2D eigenvalue weighted by Crippen LogP contribution is 2.25. The van der Waals surface area contributed by atoms with E-state index in [-0.39, 0.29) is 23.0 Å². The summed E-state index contributed by atoms with van der Waals surface area (Å²) in [5, 5.41) is 5.65. The molecule has 1 aromatic carbocycles. The van der Waals surface area contributed by atoms with Crippen LogP contribution >= 0.6 is 0 Å². The predicted octanol–water partition coefficient (Wildman–Crippen LogP) is 2.67. The molecule has 0 radical (unpaired) electrons. The van der Waals surface area contributed by atoms with Crippen LogP contribution < -0.4 is 15.4 Å². The molecule has 7 heteroatoms. The zero-order valence-electron chi connectivity index (χ0n) is 13.7. The molecule has 0 aromatic heterocycles. The summed E-state index contributed by atoms with van der Waals surface area (Å²) in [4.78, 5) is 12.3. The summed E-state index contributed by atoms with van der Waals surface area (Å²) in [6.45, 7) is 1.75. The molecule has 1 saturated carbocycles. The standard InChI is InChI=1S/C17H23N3O3S/c1-12-7-8-15(11-16(12)24(22,23)20-14-9-10-14)19-17(21)18-13-5-3-2-4-6-13/h2-3,7-8,11,13-14,20H,4-6,9-10H2,1H3,(H2,18,19,21). The molecule has 1 aromatic rings. The fourth-order valence-electron chi connectivity index (χ4n) is 2.73. The molecule has 3 rings (SSSR count). The lowest BCUT2D eigenvalue weighted by atomic mass is 10.0. The van der Waals surface area contributed by atoms with E-state index in [1.165, 1.54) is 6.07 Å². The van der Waals surface area contributed by atoms with Crippen molar-refractivity contribution in [2.45, 2.75) is 56.0 Å². The Morgan fingerprint density at radius 3 is 2.58 bits per heavy atom. The van der Waals surface area contributed by atoms with Gasteiger partial charge >= 0.3 is 6.03 Å². The second kappa shape index (κ2) is 6.94. The summed E-state index contributed by atoms with van der Waals surface area (Å²) in [6, 6.07) is 4.80. The molecule has 0 heterocycles. The average Bonchev–Trinajstić information content (AvgIpc) is 3.33. The van der Waals surface area contributed by atoms with Gasteiger partial charge in [0.15, 0.2) is 0 Å². The van der Waals surface area contributed by atoms with E-state index in [1.807, 2.05) is 0 Å². The molecule has 2 amide bonds. The summed E-state index contributed by atoms with van der Waals surface area (Å²) in [7, 11) is -3.54. The highest BCUT2D eigenvalue weighted by molar-refractivity contribution is 7.89. The molecular formula is C17H23N3O3S. The third-order valence-electron chi connectivity index (χ3n) is 4.24. The zero-order chi connectivity index (χ0) is 17.2. The van der Waals surface area contributed by atoms with Crippen LogP contribution in [-0.2, 0) is 10.0 Å². The van der Waals surface area contributed by atoms with Crippen LogP contribution in [0.5, 0.6) is 0 Å². The predicted molar refractivity (Wildman–Crippen MR) is 93.5 cm³/mol. The number of hydrogen-bond acceptors (Lipinski definition) is 3. The van der Waals surface area contributed by atoms with Crippen molar-refractivity contribution >= 4 is 21.7 Å². The van der Waals surface area contributed by atoms with Gasteiger partial charge in [-0.15, -0.1) is 0 Å². The summed E-state index contributed by atoms with van der Waals surface area (Å²) in [5.74, 6) is 0. The number of amides is 2. The molecule has 1 atom stereocenters. The van der Waals surface area contributed by atoms with Crippen molar-refractivity contribution in [3.63, 3.8) is 0 Å². The Hall–Kier alpha value is -1.86. The van der Waals surface area contributed by atoms with E-state index in [4.69, 9.17) is 0 Å². The van der Waals surface area contributed by atoms with Gasteiger partial charge in [-0.1, -0.05) is 18.2 Å². The van der Waals surface area contributed by atoms with Gasteiger partial charge in [-0.25, -0.2) is 17.9 Å². The number of sulfonamides is 1. The van der Waals surface area contributed by atoms with Crippen molar-refractivity contribution in [2.24, 2.45) is 0 Å². The van der Waals surface area contributed by atoms with Gasteiger partial charge in [-0.2, -0.15) is 0 Å².